The van der Waals surface area contributed by atoms with Crippen molar-refractivity contribution in [2.45, 2.75) is 44.9 Å². The van der Waals surface area contributed by atoms with Gasteiger partial charge < -0.3 is 9.80 Å². The van der Waals surface area contributed by atoms with Crippen molar-refractivity contribution in [2.75, 3.05) is 32.7 Å². The average Bonchev–Trinajstić information content (AvgIpc) is 3.25. The summed E-state index contributed by atoms with van der Waals surface area (Å²) in [5.74, 6) is 2.32. The Bertz CT molecular complexity index is 805. The molecule has 0 spiro atoms. The Morgan fingerprint density at radius 2 is 1.79 bits per heavy atom. The molecule has 0 bridgehead atoms. The van der Waals surface area contributed by atoms with Gasteiger partial charge in [-0.15, -0.1) is 0 Å². The zero-order chi connectivity index (χ0) is 20.2. The third-order valence-electron chi connectivity index (χ3n) is 6.46. The average molecular weight is 400 g/mol. The van der Waals surface area contributed by atoms with E-state index in [1.54, 1.807) is 12.1 Å². The van der Waals surface area contributed by atoms with Crippen LogP contribution in [0.2, 0.25) is 0 Å². The van der Waals surface area contributed by atoms with E-state index in [4.69, 9.17) is 0 Å². The van der Waals surface area contributed by atoms with E-state index in [0.717, 1.165) is 69.8 Å². The molecule has 7 heteroatoms. The maximum absolute atomic E-state index is 13.1. The van der Waals surface area contributed by atoms with Crippen molar-refractivity contribution >= 4 is 5.91 Å². The number of aromatic amines is 1. The van der Waals surface area contributed by atoms with Crippen LogP contribution in [-0.4, -0.2) is 63.6 Å². The van der Waals surface area contributed by atoms with Gasteiger partial charge >= 0.3 is 0 Å². The van der Waals surface area contributed by atoms with Crippen LogP contribution < -0.4 is 0 Å². The van der Waals surface area contributed by atoms with Gasteiger partial charge in [-0.25, -0.2) is 9.37 Å². The van der Waals surface area contributed by atoms with Crippen LogP contribution >= 0.6 is 0 Å². The molecule has 0 unspecified atom stereocenters. The SMILES string of the molecule is CCN1CCC(CC(=O)N2CCC(c3nc(-c4ccc(F)cc4)n[nH]3)CC2)CC1. The summed E-state index contributed by atoms with van der Waals surface area (Å²) < 4.78 is 13.1. The summed E-state index contributed by atoms with van der Waals surface area (Å²) in [6.45, 7) is 7.12. The van der Waals surface area contributed by atoms with Crippen LogP contribution in [0, 0.1) is 11.7 Å². The van der Waals surface area contributed by atoms with E-state index in [1.165, 1.54) is 12.1 Å². The Balaban J connectivity index is 1.27. The molecule has 2 aromatic rings. The number of amides is 1. The number of halogens is 1. The molecular weight excluding hydrogens is 369 g/mol. The van der Waals surface area contributed by atoms with Gasteiger partial charge in [-0.2, -0.15) is 5.10 Å². The molecule has 1 amide bonds. The third-order valence-corrected chi connectivity index (χ3v) is 6.46. The molecule has 4 rings (SSSR count). The first-order chi connectivity index (χ1) is 14.1. The highest BCUT2D eigenvalue weighted by atomic mass is 19.1. The summed E-state index contributed by atoms with van der Waals surface area (Å²) in [5.41, 5.74) is 0.802. The number of aromatic nitrogens is 3. The van der Waals surface area contributed by atoms with Gasteiger partial charge in [0, 0.05) is 31.0 Å². The minimum absolute atomic E-state index is 0.266. The van der Waals surface area contributed by atoms with E-state index in [9.17, 15) is 9.18 Å². The summed E-state index contributed by atoms with van der Waals surface area (Å²) in [4.78, 5) is 21.8. The number of hydrogen-bond donors (Lipinski definition) is 1. The summed E-state index contributed by atoms with van der Waals surface area (Å²) in [7, 11) is 0. The van der Waals surface area contributed by atoms with Crippen LogP contribution in [-0.2, 0) is 4.79 Å². The Morgan fingerprint density at radius 1 is 1.10 bits per heavy atom. The minimum Gasteiger partial charge on any atom is -0.343 e. The lowest BCUT2D eigenvalue weighted by molar-refractivity contribution is -0.133. The number of H-pyrrole nitrogens is 1. The predicted molar refractivity (Wildman–Crippen MR) is 110 cm³/mol. The van der Waals surface area contributed by atoms with E-state index < -0.39 is 0 Å². The Hall–Kier alpha value is -2.28. The van der Waals surface area contributed by atoms with Gasteiger partial charge in [-0.05, 0) is 75.5 Å². The fourth-order valence-electron chi connectivity index (χ4n) is 4.47. The zero-order valence-electron chi connectivity index (χ0n) is 17.1. The highest BCUT2D eigenvalue weighted by Crippen LogP contribution is 2.28. The van der Waals surface area contributed by atoms with Crippen LogP contribution in [0.1, 0.15) is 50.8 Å². The molecule has 1 N–H and O–H groups in total. The molecule has 1 aromatic heterocycles. The summed E-state index contributed by atoms with van der Waals surface area (Å²) in [6.07, 6.45) is 4.77. The molecular formula is C22H30FN5O. The lowest BCUT2D eigenvalue weighted by atomic mass is 9.91. The van der Waals surface area contributed by atoms with Crippen molar-refractivity contribution < 1.29 is 9.18 Å². The van der Waals surface area contributed by atoms with Gasteiger partial charge in [0.15, 0.2) is 5.82 Å². The maximum atomic E-state index is 13.1. The molecule has 0 saturated carbocycles. The second-order valence-electron chi connectivity index (χ2n) is 8.29. The number of nitrogens with one attached hydrogen (secondary N) is 1. The topological polar surface area (TPSA) is 65.1 Å². The highest BCUT2D eigenvalue weighted by molar-refractivity contribution is 5.76. The Labute approximate surface area is 171 Å². The first kappa shape index (κ1) is 20.0. The second kappa shape index (κ2) is 9.03. The van der Waals surface area contributed by atoms with Crippen molar-refractivity contribution in [3.8, 4) is 11.4 Å². The van der Waals surface area contributed by atoms with E-state index in [1.807, 2.05) is 4.90 Å². The molecule has 2 saturated heterocycles. The maximum Gasteiger partial charge on any atom is 0.222 e. The van der Waals surface area contributed by atoms with Gasteiger partial charge in [-0.1, -0.05) is 6.92 Å². The van der Waals surface area contributed by atoms with E-state index in [2.05, 4.69) is 27.0 Å². The van der Waals surface area contributed by atoms with Crippen LogP contribution in [0.4, 0.5) is 4.39 Å². The molecule has 1 aromatic carbocycles. The molecule has 29 heavy (non-hydrogen) atoms. The molecule has 0 radical (unpaired) electrons. The van der Waals surface area contributed by atoms with Crippen LogP contribution in [0.3, 0.4) is 0 Å². The zero-order valence-corrected chi connectivity index (χ0v) is 17.1. The second-order valence-corrected chi connectivity index (χ2v) is 8.29. The van der Waals surface area contributed by atoms with E-state index in [0.29, 0.717) is 24.1 Å². The molecule has 156 valence electrons. The predicted octanol–water partition coefficient (Wildman–Crippen LogP) is 3.44. The summed E-state index contributed by atoms with van der Waals surface area (Å²) >= 11 is 0. The number of benzene rings is 1. The van der Waals surface area contributed by atoms with Gasteiger partial charge in [0.2, 0.25) is 5.91 Å². The quantitative estimate of drug-likeness (QED) is 0.837. The fraction of sp³-hybridized carbons (Fsp3) is 0.591. The lowest BCUT2D eigenvalue weighted by Crippen LogP contribution is -2.40. The summed E-state index contributed by atoms with van der Waals surface area (Å²) in [6, 6.07) is 6.21. The lowest BCUT2D eigenvalue weighted by Gasteiger charge is -2.34. The fourth-order valence-corrected chi connectivity index (χ4v) is 4.47. The van der Waals surface area contributed by atoms with Crippen molar-refractivity contribution in [2.24, 2.45) is 5.92 Å². The number of piperidine rings is 2. The van der Waals surface area contributed by atoms with Gasteiger partial charge in [0.05, 0.1) is 0 Å². The molecule has 3 heterocycles. The van der Waals surface area contributed by atoms with Crippen molar-refractivity contribution in [3.63, 3.8) is 0 Å². The van der Waals surface area contributed by atoms with Crippen molar-refractivity contribution in [1.29, 1.82) is 0 Å². The third kappa shape index (κ3) is 4.83. The molecule has 0 atom stereocenters. The standard InChI is InChI=1S/C22H30FN5O/c1-2-27-11-7-16(8-12-27)15-20(29)28-13-9-18(10-14-28)22-24-21(25-26-22)17-3-5-19(23)6-4-17/h3-6,16,18H,2,7-15H2,1H3,(H,24,25,26). The number of carbonyl (C=O) groups is 1. The minimum atomic E-state index is -0.266. The van der Waals surface area contributed by atoms with Crippen LogP contribution in [0.25, 0.3) is 11.4 Å². The number of hydrogen-bond acceptors (Lipinski definition) is 4. The van der Waals surface area contributed by atoms with E-state index in [-0.39, 0.29) is 11.7 Å². The Morgan fingerprint density at radius 3 is 2.45 bits per heavy atom. The number of likely N-dealkylation sites (tertiary alicyclic amines) is 2. The normalized spacial score (nSPS) is 19.6. The molecule has 0 aliphatic carbocycles. The molecule has 2 aliphatic heterocycles. The van der Waals surface area contributed by atoms with Gasteiger partial charge in [-0.3, -0.25) is 9.89 Å². The molecule has 2 aliphatic rings. The molecule has 6 nitrogen and oxygen atoms in total. The van der Waals surface area contributed by atoms with Crippen LogP contribution in [0.5, 0.6) is 0 Å². The number of rotatable bonds is 5. The first-order valence-electron chi connectivity index (χ1n) is 10.8. The van der Waals surface area contributed by atoms with Gasteiger partial charge in [0.1, 0.15) is 11.6 Å². The highest BCUT2D eigenvalue weighted by Gasteiger charge is 2.28. The monoisotopic (exact) mass is 399 g/mol. The van der Waals surface area contributed by atoms with Crippen molar-refractivity contribution in [1.82, 2.24) is 25.0 Å². The van der Waals surface area contributed by atoms with Gasteiger partial charge in [0.25, 0.3) is 0 Å². The largest absolute Gasteiger partial charge is 0.343 e. The number of carbonyl (C=O) groups excluding carboxylic acids is 1. The van der Waals surface area contributed by atoms with E-state index >= 15 is 0 Å². The summed E-state index contributed by atoms with van der Waals surface area (Å²) in [5, 5.41) is 7.34. The Kier molecular flexibility index (Phi) is 6.23. The number of nitrogens with zero attached hydrogens (tertiary/aromatic N) is 4. The molecule has 2 fully saturated rings. The van der Waals surface area contributed by atoms with Crippen molar-refractivity contribution in [3.05, 3.63) is 35.9 Å². The smallest absolute Gasteiger partial charge is 0.222 e. The van der Waals surface area contributed by atoms with Crippen LogP contribution in [0.15, 0.2) is 24.3 Å². The first-order valence-corrected chi connectivity index (χ1v) is 10.8.